The summed E-state index contributed by atoms with van der Waals surface area (Å²) in [5.74, 6) is 1.54. The Kier molecular flexibility index (Phi) is 3.51. The van der Waals surface area contributed by atoms with Gasteiger partial charge in [-0.05, 0) is 38.8 Å². The second-order valence-corrected chi connectivity index (χ2v) is 6.25. The number of aryl methyl sites for hydroxylation is 1. The Morgan fingerprint density at radius 3 is 2.57 bits per heavy atom. The molecule has 21 heavy (non-hydrogen) atoms. The first-order valence-electron chi connectivity index (χ1n) is 7.70. The predicted octanol–water partition coefficient (Wildman–Crippen LogP) is 2.31. The van der Waals surface area contributed by atoms with Crippen molar-refractivity contribution in [1.29, 1.82) is 0 Å². The van der Waals surface area contributed by atoms with Gasteiger partial charge < -0.3 is 14.6 Å². The average molecular weight is 290 g/mol. The molecular weight excluding hydrogens is 268 g/mol. The van der Waals surface area contributed by atoms with E-state index in [-0.39, 0.29) is 24.4 Å². The Balaban J connectivity index is 1.87. The molecule has 2 amide bonds. The molecule has 5 nitrogen and oxygen atoms in total. The summed E-state index contributed by atoms with van der Waals surface area (Å²) < 4.78 is 5.63. The highest BCUT2D eigenvalue weighted by atomic mass is 16.3. The molecule has 114 valence electrons. The lowest BCUT2D eigenvalue weighted by atomic mass is 9.79. The number of nitrogens with one attached hydrogen (secondary N) is 1. The highest BCUT2D eigenvalue weighted by Crippen LogP contribution is 2.35. The lowest BCUT2D eigenvalue weighted by Crippen LogP contribution is -2.67. The minimum Gasteiger partial charge on any atom is -0.464 e. The molecule has 0 bridgehead atoms. The van der Waals surface area contributed by atoms with E-state index in [1.807, 2.05) is 26.0 Å². The van der Waals surface area contributed by atoms with Crippen LogP contribution in [0.25, 0.3) is 0 Å². The van der Waals surface area contributed by atoms with Gasteiger partial charge in [0.1, 0.15) is 23.6 Å². The number of carbonyl (C=O) groups is 2. The van der Waals surface area contributed by atoms with Crippen molar-refractivity contribution in [2.45, 2.75) is 57.5 Å². The number of carbonyl (C=O) groups excluding carboxylic acids is 2. The van der Waals surface area contributed by atoms with Crippen molar-refractivity contribution in [3.63, 3.8) is 0 Å². The molecule has 0 aromatic carbocycles. The van der Waals surface area contributed by atoms with E-state index in [9.17, 15) is 9.59 Å². The minimum absolute atomic E-state index is 0.0448. The largest absolute Gasteiger partial charge is 0.464 e. The molecule has 0 radical (unpaired) electrons. The van der Waals surface area contributed by atoms with Gasteiger partial charge >= 0.3 is 0 Å². The highest BCUT2D eigenvalue weighted by molar-refractivity contribution is 5.98. The SMILES string of the molecule is Cc1ccc(C(C)N2CC(=O)NC3(CCCCC3)C2=O)o1. The summed E-state index contributed by atoms with van der Waals surface area (Å²) in [6, 6.07) is 3.56. The maximum atomic E-state index is 12.9. The monoisotopic (exact) mass is 290 g/mol. The summed E-state index contributed by atoms with van der Waals surface area (Å²) in [5.41, 5.74) is -0.677. The summed E-state index contributed by atoms with van der Waals surface area (Å²) in [4.78, 5) is 26.7. The maximum Gasteiger partial charge on any atom is 0.249 e. The van der Waals surface area contributed by atoms with E-state index in [2.05, 4.69) is 5.32 Å². The molecule has 1 saturated heterocycles. The van der Waals surface area contributed by atoms with Crippen molar-refractivity contribution in [3.05, 3.63) is 23.7 Å². The zero-order valence-corrected chi connectivity index (χ0v) is 12.6. The van der Waals surface area contributed by atoms with Gasteiger partial charge in [0.05, 0.1) is 6.04 Å². The summed E-state index contributed by atoms with van der Waals surface area (Å²) in [6.45, 7) is 3.91. The number of furan rings is 1. The molecule has 1 N–H and O–H groups in total. The maximum absolute atomic E-state index is 12.9. The van der Waals surface area contributed by atoms with E-state index in [4.69, 9.17) is 4.42 Å². The van der Waals surface area contributed by atoms with E-state index in [1.165, 1.54) is 0 Å². The van der Waals surface area contributed by atoms with Crippen LogP contribution < -0.4 is 5.32 Å². The van der Waals surface area contributed by atoms with E-state index in [0.717, 1.165) is 43.6 Å². The van der Waals surface area contributed by atoms with Gasteiger partial charge in [0, 0.05) is 0 Å². The molecule has 1 aromatic heterocycles. The van der Waals surface area contributed by atoms with Gasteiger partial charge in [-0.1, -0.05) is 19.3 Å². The highest BCUT2D eigenvalue weighted by Gasteiger charge is 2.48. The standard InChI is InChI=1S/C16H22N2O3/c1-11-6-7-13(21-11)12(2)18-10-14(19)17-16(15(18)20)8-4-3-5-9-16/h6-7,12H,3-5,8-10H2,1-2H3,(H,17,19). The second-order valence-electron chi connectivity index (χ2n) is 6.25. The molecule has 1 aromatic rings. The van der Waals surface area contributed by atoms with Crippen molar-refractivity contribution >= 4 is 11.8 Å². The summed E-state index contributed by atoms with van der Waals surface area (Å²) >= 11 is 0. The van der Waals surface area contributed by atoms with Crippen molar-refractivity contribution in [1.82, 2.24) is 10.2 Å². The van der Waals surface area contributed by atoms with Crippen LogP contribution in [-0.2, 0) is 9.59 Å². The second kappa shape index (κ2) is 5.20. The number of hydrogen-bond acceptors (Lipinski definition) is 3. The molecule has 1 atom stereocenters. The van der Waals surface area contributed by atoms with Gasteiger partial charge in [-0.2, -0.15) is 0 Å². The zero-order valence-electron chi connectivity index (χ0n) is 12.6. The fourth-order valence-corrected chi connectivity index (χ4v) is 3.50. The predicted molar refractivity (Wildman–Crippen MR) is 77.5 cm³/mol. The number of nitrogens with zero attached hydrogens (tertiary/aromatic N) is 1. The lowest BCUT2D eigenvalue weighted by Gasteiger charge is -2.45. The Bertz CT molecular complexity index is 558. The number of amides is 2. The Morgan fingerprint density at radius 2 is 1.95 bits per heavy atom. The minimum atomic E-state index is -0.677. The molecule has 1 aliphatic carbocycles. The van der Waals surface area contributed by atoms with Gasteiger partial charge in [-0.3, -0.25) is 9.59 Å². The van der Waals surface area contributed by atoms with Crippen LogP contribution in [0.1, 0.15) is 56.6 Å². The van der Waals surface area contributed by atoms with E-state index in [0.29, 0.717) is 0 Å². The Labute approximate surface area is 124 Å². The third-order valence-corrected chi connectivity index (χ3v) is 4.71. The molecule has 2 fully saturated rings. The topological polar surface area (TPSA) is 62.6 Å². The molecule has 2 aliphatic rings. The summed E-state index contributed by atoms with van der Waals surface area (Å²) in [5, 5.41) is 2.96. The molecule has 1 aliphatic heterocycles. The Hall–Kier alpha value is -1.78. The molecule has 1 saturated carbocycles. The molecule has 5 heteroatoms. The first kappa shape index (κ1) is 14.2. The van der Waals surface area contributed by atoms with Gasteiger partial charge in [0.25, 0.3) is 0 Å². The third-order valence-electron chi connectivity index (χ3n) is 4.71. The fraction of sp³-hybridized carbons (Fsp3) is 0.625. The number of rotatable bonds is 2. The van der Waals surface area contributed by atoms with Gasteiger partial charge in [0.2, 0.25) is 11.8 Å². The quantitative estimate of drug-likeness (QED) is 0.909. The molecular formula is C16H22N2O3. The van der Waals surface area contributed by atoms with Crippen LogP contribution in [0.5, 0.6) is 0 Å². The molecule has 3 rings (SSSR count). The van der Waals surface area contributed by atoms with Crippen LogP contribution in [0.2, 0.25) is 0 Å². The van der Waals surface area contributed by atoms with Gasteiger partial charge in [-0.15, -0.1) is 0 Å². The molecule has 1 spiro atoms. The zero-order chi connectivity index (χ0) is 15.0. The van der Waals surface area contributed by atoms with Crippen LogP contribution in [0.15, 0.2) is 16.5 Å². The lowest BCUT2D eigenvalue weighted by molar-refractivity contribution is -0.154. The van der Waals surface area contributed by atoms with Gasteiger partial charge in [0.15, 0.2) is 0 Å². The normalized spacial score (nSPS) is 23.2. The Morgan fingerprint density at radius 1 is 1.24 bits per heavy atom. The van der Waals surface area contributed by atoms with Crippen molar-refractivity contribution in [3.8, 4) is 0 Å². The van der Waals surface area contributed by atoms with Crippen LogP contribution in [0.4, 0.5) is 0 Å². The van der Waals surface area contributed by atoms with E-state index >= 15 is 0 Å². The van der Waals surface area contributed by atoms with E-state index < -0.39 is 5.54 Å². The summed E-state index contributed by atoms with van der Waals surface area (Å²) in [7, 11) is 0. The first-order chi connectivity index (χ1) is 10.0. The smallest absolute Gasteiger partial charge is 0.249 e. The summed E-state index contributed by atoms with van der Waals surface area (Å²) in [6.07, 6.45) is 4.62. The fourth-order valence-electron chi connectivity index (χ4n) is 3.50. The van der Waals surface area contributed by atoms with Crippen LogP contribution in [-0.4, -0.2) is 28.8 Å². The van der Waals surface area contributed by atoms with Crippen LogP contribution in [0.3, 0.4) is 0 Å². The van der Waals surface area contributed by atoms with Crippen molar-refractivity contribution in [2.24, 2.45) is 0 Å². The average Bonchev–Trinajstić information content (AvgIpc) is 2.90. The number of piperazine rings is 1. The number of hydrogen-bond donors (Lipinski definition) is 1. The van der Waals surface area contributed by atoms with Crippen LogP contribution in [0, 0.1) is 6.92 Å². The molecule has 1 unspecified atom stereocenters. The molecule has 2 heterocycles. The van der Waals surface area contributed by atoms with Crippen LogP contribution >= 0.6 is 0 Å². The van der Waals surface area contributed by atoms with Crippen molar-refractivity contribution < 1.29 is 14.0 Å². The van der Waals surface area contributed by atoms with E-state index in [1.54, 1.807) is 4.90 Å². The van der Waals surface area contributed by atoms with Gasteiger partial charge in [-0.25, -0.2) is 0 Å². The van der Waals surface area contributed by atoms with Crippen molar-refractivity contribution in [2.75, 3.05) is 6.54 Å². The third kappa shape index (κ3) is 2.45. The first-order valence-corrected chi connectivity index (χ1v) is 7.70.